The van der Waals surface area contributed by atoms with Gasteiger partial charge in [0.15, 0.2) is 0 Å². The minimum absolute atomic E-state index is 0.205. The van der Waals surface area contributed by atoms with Crippen LogP contribution in [0.2, 0.25) is 0 Å². The van der Waals surface area contributed by atoms with Crippen molar-refractivity contribution in [3.63, 3.8) is 0 Å². The number of benzene rings is 1. The van der Waals surface area contributed by atoms with Crippen molar-refractivity contribution in [2.45, 2.75) is 25.1 Å². The molecule has 8 heteroatoms. The Hall–Kier alpha value is -2.25. The lowest BCUT2D eigenvalue weighted by Crippen LogP contribution is -2.43. The van der Waals surface area contributed by atoms with Crippen LogP contribution in [0.5, 0.6) is 0 Å². The molecule has 0 aliphatic carbocycles. The number of likely N-dealkylation sites (tertiary alicyclic amines) is 1. The van der Waals surface area contributed by atoms with Crippen molar-refractivity contribution in [2.75, 3.05) is 11.9 Å². The number of amides is 2. The van der Waals surface area contributed by atoms with E-state index in [0.29, 0.717) is 12.8 Å². The molecule has 0 unspecified atom stereocenters. The van der Waals surface area contributed by atoms with Gasteiger partial charge in [-0.25, -0.2) is 9.59 Å². The minimum Gasteiger partial charge on any atom is -0.480 e. The molecular formula is C13H13F3N2O3. The van der Waals surface area contributed by atoms with Crippen LogP contribution in [0, 0.1) is 0 Å². The fourth-order valence-electron chi connectivity index (χ4n) is 2.29. The Bertz CT molecular complexity index is 560. The standard InChI is InChI=1S/C13H13F3N2O3/c14-13(15,16)8-4-1-2-5-9(8)17-12(21)18-7-3-6-10(18)11(19)20/h1-2,4-5,10H,3,6-7H2,(H,17,21)(H,19,20)/t10-/m0/s1. The highest BCUT2D eigenvalue weighted by molar-refractivity contribution is 5.93. The van der Waals surface area contributed by atoms with Gasteiger partial charge >= 0.3 is 18.2 Å². The largest absolute Gasteiger partial charge is 0.480 e. The number of carbonyl (C=O) groups is 2. The maximum absolute atomic E-state index is 12.8. The first kappa shape index (κ1) is 15.1. The summed E-state index contributed by atoms with van der Waals surface area (Å²) >= 11 is 0. The third-order valence-corrected chi connectivity index (χ3v) is 3.27. The van der Waals surface area contributed by atoms with Gasteiger partial charge in [0.2, 0.25) is 0 Å². The van der Waals surface area contributed by atoms with Crippen molar-refractivity contribution in [1.29, 1.82) is 0 Å². The second-order valence-electron chi connectivity index (χ2n) is 4.66. The summed E-state index contributed by atoms with van der Waals surface area (Å²) in [5.41, 5.74) is -1.35. The Balaban J connectivity index is 2.19. The lowest BCUT2D eigenvalue weighted by Gasteiger charge is -2.23. The number of nitrogens with zero attached hydrogens (tertiary/aromatic N) is 1. The van der Waals surface area contributed by atoms with Crippen LogP contribution in [0.1, 0.15) is 18.4 Å². The predicted octanol–water partition coefficient (Wildman–Crippen LogP) is 2.79. The van der Waals surface area contributed by atoms with E-state index in [1.807, 2.05) is 0 Å². The normalized spacial score (nSPS) is 18.6. The molecule has 2 amide bonds. The summed E-state index contributed by atoms with van der Waals surface area (Å²) in [7, 11) is 0. The fraction of sp³-hybridized carbons (Fsp3) is 0.385. The van der Waals surface area contributed by atoms with E-state index in [1.165, 1.54) is 12.1 Å². The molecule has 1 atom stereocenters. The number of carboxylic acid groups (broad SMARTS) is 1. The molecule has 5 nitrogen and oxygen atoms in total. The number of hydrogen-bond acceptors (Lipinski definition) is 2. The predicted molar refractivity (Wildman–Crippen MR) is 67.8 cm³/mol. The van der Waals surface area contributed by atoms with Crippen LogP contribution in [0.4, 0.5) is 23.7 Å². The molecule has 1 aromatic carbocycles. The Morgan fingerprint density at radius 1 is 1.29 bits per heavy atom. The monoisotopic (exact) mass is 302 g/mol. The van der Waals surface area contributed by atoms with Crippen molar-refractivity contribution in [1.82, 2.24) is 4.90 Å². The molecule has 1 aliphatic rings. The van der Waals surface area contributed by atoms with E-state index in [0.717, 1.165) is 17.0 Å². The SMILES string of the molecule is O=C(O)[C@@H]1CCCN1C(=O)Nc1ccccc1C(F)(F)F. The first-order valence-corrected chi connectivity index (χ1v) is 6.27. The van der Waals surface area contributed by atoms with E-state index >= 15 is 0 Å². The zero-order chi connectivity index (χ0) is 15.6. The van der Waals surface area contributed by atoms with Gasteiger partial charge in [-0.1, -0.05) is 12.1 Å². The third kappa shape index (κ3) is 3.26. The van der Waals surface area contributed by atoms with E-state index < -0.39 is 29.8 Å². The molecular weight excluding hydrogens is 289 g/mol. The van der Waals surface area contributed by atoms with Crippen LogP contribution >= 0.6 is 0 Å². The average molecular weight is 302 g/mol. The maximum Gasteiger partial charge on any atom is 0.418 e. The smallest absolute Gasteiger partial charge is 0.418 e. The second kappa shape index (κ2) is 5.63. The number of urea groups is 1. The molecule has 1 saturated heterocycles. The van der Waals surface area contributed by atoms with Gasteiger partial charge in [0, 0.05) is 6.54 Å². The van der Waals surface area contributed by atoms with Crippen LogP contribution in [0.3, 0.4) is 0 Å². The summed E-state index contributed by atoms with van der Waals surface area (Å²) < 4.78 is 38.5. The topological polar surface area (TPSA) is 69.6 Å². The number of nitrogens with one attached hydrogen (secondary N) is 1. The Kier molecular flexibility index (Phi) is 4.06. The highest BCUT2D eigenvalue weighted by atomic mass is 19.4. The molecule has 1 aliphatic heterocycles. The van der Waals surface area contributed by atoms with E-state index in [-0.39, 0.29) is 12.2 Å². The molecule has 114 valence electrons. The lowest BCUT2D eigenvalue weighted by molar-refractivity contribution is -0.141. The number of alkyl halides is 3. The van der Waals surface area contributed by atoms with E-state index in [1.54, 1.807) is 0 Å². The van der Waals surface area contributed by atoms with Crippen LogP contribution in [0.15, 0.2) is 24.3 Å². The number of carbonyl (C=O) groups excluding carboxylic acids is 1. The van der Waals surface area contributed by atoms with Gasteiger partial charge < -0.3 is 15.3 Å². The Morgan fingerprint density at radius 3 is 2.57 bits per heavy atom. The molecule has 1 heterocycles. The van der Waals surface area contributed by atoms with Crippen molar-refractivity contribution in [3.05, 3.63) is 29.8 Å². The van der Waals surface area contributed by atoms with Crippen molar-refractivity contribution in [3.8, 4) is 0 Å². The molecule has 0 spiro atoms. The van der Waals surface area contributed by atoms with Crippen LogP contribution in [0.25, 0.3) is 0 Å². The van der Waals surface area contributed by atoms with Crippen molar-refractivity contribution >= 4 is 17.7 Å². The maximum atomic E-state index is 12.8. The van der Waals surface area contributed by atoms with Gasteiger partial charge in [-0.2, -0.15) is 13.2 Å². The molecule has 21 heavy (non-hydrogen) atoms. The van der Waals surface area contributed by atoms with E-state index in [2.05, 4.69) is 5.32 Å². The molecule has 2 rings (SSSR count). The number of anilines is 1. The Labute approximate surface area is 118 Å². The van der Waals surface area contributed by atoms with Gasteiger partial charge in [0.05, 0.1) is 11.3 Å². The molecule has 1 fully saturated rings. The minimum atomic E-state index is -4.60. The molecule has 1 aromatic rings. The number of carboxylic acids is 1. The summed E-state index contributed by atoms with van der Waals surface area (Å²) in [6, 6.07) is 2.73. The van der Waals surface area contributed by atoms with Gasteiger partial charge in [-0.15, -0.1) is 0 Å². The van der Waals surface area contributed by atoms with Crippen LogP contribution in [-0.2, 0) is 11.0 Å². The number of para-hydroxylation sites is 1. The van der Waals surface area contributed by atoms with Crippen molar-refractivity contribution in [2.24, 2.45) is 0 Å². The third-order valence-electron chi connectivity index (χ3n) is 3.27. The average Bonchev–Trinajstić information content (AvgIpc) is 2.87. The first-order chi connectivity index (χ1) is 9.80. The van der Waals surface area contributed by atoms with Gasteiger partial charge in [-0.05, 0) is 25.0 Å². The van der Waals surface area contributed by atoms with Crippen molar-refractivity contribution < 1.29 is 27.9 Å². The summed E-state index contributed by atoms with van der Waals surface area (Å²) in [5, 5.41) is 11.1. The number of rotatable bonds is 2. The summed E-state index contributed by atoms with van der Waals surface area (Å²) in [6.45, 7) is 0.205. The summed E-state index contributed by atoms with van der Waals surface area (Å²) in [5.74, 6) is -1.16. The lowest BCUT2D eigenvalue weighted by atomic mass is 10.1. The van der Waals surface area contributed by atoms with Gasteiger partial charge in [0.25, 0.3) is 0 Å². The van der Waals surface area contributed by atoms with Gasteiger partial charge in [-0.3, -0.25) is 0 Å². The Morgan fingerprint density at radius 2 is 1.95 bits per heavy atom. The number of hydrogen-bond donors (Lipinski definition) is 2. The van der Waals surface area contributed by atoms with Crippen LogP contribution < -0.4 is 5.32 Å². The molecule has 0 saturated carbocycles. The zero-order valence-corrected chi connectivity index (χ0v) is 10.9. The summed E-state index contributed by atoms with van der Waals surface area (Å²) in [4.78, 5) is 24.0. The first-order valence-electron chi connectivity index (χ1n) is 6.27. The molecule has 0 bridgehead atoms. The van der Waals surface area contributed by atoms with Gasteiger partial charge in [0.1, 0.15) is 6.04 Å². The fourth-order valence-corrected chi connectivity index (χ4v) is 2.29. The molecule has 0 radical (unpaired) electrons. The quantitative estimate of drug-likeness (QED) is 0.882. The van der Waals surface area contributed by atoms with E-state index in [9.17, 15) is 22.8 Å². The summed E-state index contributed by atoms with van der Waals surface area (Å²) in [6.07, 6.45) is -3.80. The van der Waals surface area contributed by atoms with Crippen LogP contribution in [-0.4, -0.2) is 34.6 Å². The zero-order valence-electron chi connectivity index (χ0n) is 10.9. The number of halogens is 3. The highest BCUT2D eigenvalue weighted by Crippen LogP contribution is 2.34. The second-order valence-corrected chi connectivity index (χ2v) is 4.66. The highest BCUT2D eigenvalue weighted by Gasteiger charge is 2.36. The molecule has 2 N–H and O–H groups in total. The number of aliphatic carboxylic acids is 1. The molecule has 0 aromatic heterocycles. The van der Waals surface area contributed by atoms with E-state index in [4.69, 9.17) is 5.11 Å².